The van der Waals surface area contributed by atoms with Crippen LogP contribution in [0.15, 0.2) is 29.0 Å². The Kier molecular flexibility index (Phi) is 5.42. The molecule has 2 aromatic heterocycles. The van der Waals surface area contributed by atoms with Crippen LogP contribution in [0.1, 0.15) is 25.8 Å². The van der Waals surface area contributed by atoms with Gasteiger partial charge in [-0.15, -0.1) is 22.7 Å². The molecule has 1 atom stereocenters. The smallest absolute Gasteiger partial charge is 0.0507 e. The zero-order valence-electron chi connectivity index (χ0n) is 11.0. The van der Waals surface area contributed by atoms with E-state index in [9.17, 15) is 0 Å². The van der Waals surface area contributed by atoms with Gasteiger partial charge >= 0.3 is 0 Å². The van der Waals surface area contributed by atoms with E-state index in [-0.39, 0.29) is 0 Å². The molecule has 2 heterocycles. The van der Waals surface area contributed by atoms with E-state index in [2.05, 4.69) is 42.8 Å². The fraction of sp³-hybridized carbons (Fsp3) is 0.467. The van der Waals surface area contributed by atoms with E-state index in [0.29, 0.717) is 5.92 Å². The molecule has 2 rings (SSSR count). The molecule has 1 nitrogen and oxygen atoms in total. The molecule has 18 heavy (non-hydrogen) atoms. The molecule has 0 amide bonds. The molecular formula is C15H20OS2. The standard InChI is InChI=1S/C15H20OS2/c1-3-12(2)11-16-8-6-13-7-10-18-15(13)14-5-4-9-17-14/h4-5,7,9-10,12H,3,6,8,11H2,1-2H3/t12-/m0/s1. The fourth-order valence-electron chi connectivity index (χ4n) is 1.74. The quantitative estimate of drug-likeness (QED) is 0.642. The molecule has 0 saturated carbocycles. The Morgan fingerprint density at radius 2 is 2.11 bits per heavy atom. The number of hydrogen-bond acceptors (Lipinski definition) is 3. The Labute approximate surface area is 117 Å². The summed E-state index contributed by atoms with van der Waals surface area (Å²) in [5.74, 6) is 0.671. The normalized spacial score (nSPS) is 12.8. The molecule has 0 unspecified atom stereocenters. The van der Waals surface area contributed by atoms with Crippen LogP contribution in [0.2, 0.25) is 0 Å². The van der Waals surface area contributed by atoms with Crippen molar-refractivity contribution in [3.8, 4) is 9.75 Å². The third-order valence-corrected chi connectivity index (χ3v) is 5.11. The monoisotopic (exact) mass is 280 g/mol. The summed E-state index contributed by atoms with van der Waals surface area (Å²) in [4.78, 5) is 2.79. The van der Waals surface area contributed by atoms with Gasteiger partial charge in [-0.05, 0) is 40.8 Å². The first-order valence-corrected chi connectivity index (χ1v) is 8.25. The molecule has 0 aliphatic carbocycles. The van der Waals surface area contributed by atoms with Gasteiger partial charge in [0.1, 0.15) is 0 Å². The predicted molar refractivity (Wildman–Crippen MR) is 81.6 cm³/mol. The maximum Gasteiger partial charge on any atom is 0.0507 e. The average molecular weight is 280 g/mol. The average Bonchev–Trinajstić information content (AvgIpc) is 3.04. The summed E-state index contributed by atoms with van der Waals surface area (Å²) in [6.45, 7) is 6.16. The van der Waals surface area contributed by atoms with Gasteiger partial charge in [0.05, 0.1) is 6.61 Å². The Morgan fingerprint density at radius 3 is 2.83 bits per heavy atom. The molecule has 0 aliphatic heterocycles. The zero-order valence-corrected chi connectivity index (χ0v) is 12.7. The highest BCUT2D eigenvalue weighted by molar-refractivity contribution is 7.20. The number of hydrogen-bond donors (Lipinski definition) is 0. The third-order valence-electron chi connectivity index (χ3n) is 3.11. The van der Waals surface area contributed by atoms with Gasteiger partial charge in [-0.25, -0.2) is 0 Å². The van der Waals surface area contributed by atoms with Crippen molar-refractivity contribution in [2.45, 2.75) is 26.7 Å². The first-order valence-electron chi connectivity index (χ1n) is 6.49. The lowest BCUT2D eigenvalue weighted by molar-refractivity contribution is 0.106. The molecule has 0 radical (unpaired) electrons. The van der Waals surface area contributed by atoms with Crippen LogP contribution in [0.4, 0.5) is 0 Å². The largest absolute Gasteiger partial charge is 0.381 e. The van der Waals surface area contributed by atoms with Crippen molar-refractivity contribution in [2.24, 2.45) is 5.92 Å². The fourth-order valence-corrected chi connectivity index (χ4v) is 3.60. The molecule has 98 valence electrons. The summed E-state index contributed by atoms with van der Waals surface area (Å²) in [6, 6.07) is 6.54. The maximum absolute atomic E-state index is 5.74. The van der Waals surface area contributed by atoms with Gasteiger partial charge in [0.25, 0.3) is 0 Å². The van der Waals surface area contributed by atoms with E-state index in [0.717, 1.165) is 19.6 Å². The van der Waals surface area contributed by atoms with Gasteiger partial charge in [0, 0.05) is 16.4 Å². The second-order valence-corrected chi connectivity index (χ2v) is 6.45. The topological polar surface area (TPSA) is 9.23 Å². The second-order valence-electron chi connectivity index (χ2n) is 4.59. The van der Waals surface area contributed by atoms with Crippen molar-refractivity contribution in [1.82, 2.24) is 0 Å². The number of thiophene rings is 2. The van der Waals surface area contributed by atoms with Crippen LogP contribution in [0.25, 0.3) is 9.75 Å². The zero-order chi connectivity index (χ0) is 12.8. The van der Waals surface area contributed by atoms with Crippen LogP contribution < -0.4 is 0 Å². The van der Waals surface area contributed by atoms with Crippen LogP contribution in [0.5, 0.6) is 0 Å². The van der Waals surface area contributed by atoms with Gasteiger partial charge in [0.2, 0.25) is 0 Å². The van der Waals surface area contributed by atoms with Gasteiger partial charge in [0.15, 0.2) is 0 Å². The lowest BCUT2D eigenvalue weighted by Gasteiger charge is -2.09. The van der Waals surface area contributed by atoms with E-state index < -0.39 is 0 Å². The third kappa shape index (κ3) is 3.67. The van der Waals surface area contributed by atoms with Gasteiger partial charge in [-0.3, -0.25) is 0 Å². The second kappa shape index (κ2) is 7.07. The van der Waals surface area contributed by atoms with E-state index in [1.54, 1.807) is 0 Å². The summed E-state index contributed by atoms with van der Waals surface area (Å²) in [5.41, 5.74) is 1.42. The van der Waals surface area contributed by atoms with Gasteiger partial charge in [-0.1, -0.05) is 26.3 Å². The Bertz CT molecular complexity index is 445. The molecule has 3 heteroatoms. The van der Waals surface area contributed by atoms with Crippen molar-refractivity contribution < 1.29 is 4.74 Å². The highest BCUT2D eigenvalue weighted by Crippen LogP contribution is 2.33. The predicted octanol–water partition coefficient (Wildman–Crippen LogP) is 5.08. The molecule has 0 saturated heterocycles. The lowest BCUT2D eigenvalue weighted by atomic mass is 10.1. The van der Waals surface area contributed by atoms with Crippen molar-refractivity contribution in [3.05, 3.63) is 34.5 Å². The molecule has 0 fully saturated rings. The van der Waals surface area contributed by atoms with Crippen molar-refractivity contribution >= 4 is 22.7 Å². The molecule has 0 aromatic carbocycles. The Balaban J connectivity index is 1.85. The summed E-state index contributed by atoms with van der Waals surface area (Å²) >= 11 is 3.64. The molecule has 0 N–H and O–H groups in total. The Hall–Kier alpha value is -0.640. The molecular weight excluding hydrogens is 260 g/mol. The lowest BCUT2D eigenvalue weighted by Crippen LogP contribution is -2.07. The minimum Gasteiger partial charge on any atom is -0.381 e. The number of rotatable bonds is 7. The van der Waals surface area contributed by atoms with Crippen molar-refractivity contribution in [3.63, 3.8) is 0 Å². The van der Waals surface area contributed by atoms with Gasteiger partial charge < -0.3 is 4.74 Å². The van der Waals surface area contributed by atoms with Gasteiger partial charge in [-0.2, -0.15) is 0 Å². The molecule has 2 aromatic rings. The number of ether oxygens (including phenoxy) is 1. The van der Waals surface area contributed by atoms with E-state index in [4.69, 9.17) is 4.74 Å². The van der Waals surface area contributed by atoms with E-state index in [1.807, 2.05) is 22.7 Å². The minimum absolute atomic E-state index is 0.671. The SMILES string of the molecule is CC[C@H](C)COCCc1ccsc1-c1cccs1. The molecule has 0 spiro atoms. The molecule has 0 bridgehead atoms. The van der Waals surface area contributed by atoms with Crippen LogP contribution in [0, 0.1) is 5.92 Å². The van der Waals surface area contributed by atoms with Crippen molar-refractivity contribution in [2.75, 3.05) is 13.2 Å². The van der Waals surface area contributed by atoms with E-state index in [1.165, 1.54) is 21.7 Å². The van der Waals surface area contributed by atoms with Crippen LogP contribution in [-0.2, 0) is 11.2 Å². The summed E-state index contributed by atoms with van der Waals surface area (Å²) < 4.78 is 5.74. The van der Waals surface area contributed by atoms with Crippen LogP contribution in [0.3, 0.4) is 0 Å². The summed E-state index contributed by atoms with van der Waals surface area (Å²) in [6.07, 6.45) is 2.21. The first kappa shape index (κ1) is 13.8. The Morgan fingerprint density at radius 1 is 1.22 bits per heavy atom. The van der Waals surface area contributed by atoms with Crippen molar-refractivity contribution in [1.29, 1.82) is 0 Å². The van der Waals surface area contributed by atoms with E-state index >= 15 is 0 Å². The highest BCUT2D eigenvalue weighted by Gasteiger charge is 2.08. The summed E-state index contributed by atoms with van der Waals surface area (Å²) in [5, 5.41) is 4.32. The molecule has 0 aliphatic rings. The maximum atomic E-state index is 5.74. The van der Waals surface area contributed by atoms with Crippen LogP contribution >= 0.6 is 22.7 Å². The minimum atomic E-state index is 0.671. The highest BCUT2D eigenvalue weighted by atomic mass is 32.1. The summed E-state index contributed by atoms with van der Waals surface area (Å²) in [7, 11) is 0. The van der Waals surface area contributed by atoms with Crippen LogP contribution in [-0.4, -0.2) is 13.2 Å². The first-order chi connectivity index (χ1) is 8.81.